The Morgan fingerprint density at radius 1 is 0.959 bits per heavy atom. The van der Waals surface area contributed by atoms with Gasteiger partial charge in [0.2, 0.25) is 5.91 Å². The summed E-state index contributed by atoms with van der Waals surface area (Å²) in [5, 5.41) is 16.4. The highest BCUT2D eigenvalue weighted by molar-refractivity contribution is 7.70. The van der Waals surface area contributed by atoms with Crippen molar-refractivity contribution in [2.75, 3.05) is 72.1 Å². The lowest BCUT2D eigenvalue weighted by molar-refractivity contribution is -0.462. The molecule has 1 fully saturated rings. The molecule has 3 amide bonds. The fourth-order valence-electron chi connectivity index (χ4n) is 8.74. The molecule has 1 saturated heterocycles. The number of aromatic nitrogens is 4. The van der Waals surface area contributed by atoms with Gasteiger partial charge in [-0.3, -0.25) is 18.7 Å². The molecule has 2 unspecified atom stereocenters. The fraction of sp³-hybridized carbons (Fsp3) is 0.400. The summed E-state index contributed by atoms with van der Waals surface area (Å²) in [7, 11) is -6.90. The summed E-state index contributed by atoms with van der Waals surface area (Å²) in [5.41, 5.74) is 14.5. The number of carbonyl (C=O) groups excluding carboxylic acids is 3. The number of alkyl carbamates (subject to hydrolysis) is 1. The minimum Gasteiger partial charge on any atom is -0.439 e. The molecule has 0 saturated carbocycles. The highest BCUT2D eigenvalue weighted by Crippen LogP contribution is 2.61. The first-order valence-electron chi connectivity index (χ1n) is 22.9. The van der Waals surface area contributed by atoms with Crippen LogP contribution in [0.25, 0.3) is 16.7 Å². The topological polar surface area (TPSA) is 356 Å². The van der Waals surface area contributed by atoms with Crippen molar-refractivity contribution in [2.45, 2.75) is 56.6 Å². The number of nitrogens with one attached hydrogen (secondary N) is 3. The zero-order chi connectivity index (χ0) is 54.1. The van der Waals surface area contributed by atoms with Crippen LogP contribution in [0.1, 0.15) is 60.0 Å². The van der Waals surface area contributed by atoms with E-state index >= 15 is 0 Å². The van der Waals surface area contributed by atoms with Gasteiger partial charge in [-0.25, -0.2) is 38.0 Å². The number of imidazole rings is 1. The van der Waals surface area contributed by atoms with Gasteiger partial charge in [0.05, 0.1) is 12.9 Å². The van der Waals surface area contributed by atoms with Gasteiger partial charge in [0.15, 0.2) is 29.5 Å². The number of benzene rings is 2. The van der Waals surface area contributed by atoms with E-state index in [2.05, 4.69) is 89.6 Å². The number of anilines is 2. The molecular formula is C45H59N11O15P3+. The maximum atomic E-state index is 14.3. The molecule has 74 heavy (non-hydrogen) atoms. The Morgan fingerprint density at radius 3 is 2.38 bits per heavy atom. The number of carbonyl (C=O) groups is 3. The number of fused-ring (bicyclic) bond motifs is 3. The Kier molecular flexibility index (Phi) is 16.6. The van der Waals surface area contributed by atoms with Crippen molar-refractivity contribution in [1.29, 1.82) is 0 Å². The number of hydrogen-bond donors (Lipinski definition) is 9. The van der Waals surface area contributed by atoms with E-state index in [0.717, 1.165) is 56.0 Å². The van der Waals surface area contributed by atoms with Crippen LogP contribution in [0.5, 0.6) is 0 Å². The lowest BCUT2D eigenvalue weighted by atomic mass is 9.64. The minimum atomic E-state index is -5.61. The number of allylic oxidation sites excluding steroid dienone is 5. The Balaban J connectivity index is 0.950. The van der Waals surface area contributed by atoms with Crippen molar-refractivity contribution in [3.05, 3.63) is 107 Å². The fourth-order valence-corrected chi connectivity index (χ4v) is 12.2. The summed E-state index contributed by atoms with van der Waals surface area (Å²) in [4.78, 5) is 94.5. The molecule has 4 aromatic rings. The number of rotatable bonds is 19. The van der Waals surface area contributed by atoms with Gasteiger partial charge in [-0.1, -0.05) is 38.1 Å². The molecule has 0 spiro atoms. The normalized spacial score (nSPS) is 20.7. The molecule has 26 nitrogen and oxygen atoms in total. The third-order valence-corrected chi connectivity index (χ3v) is 16.6. The first kappa shape index (κ1) is 55.8. The van der Waals surface area contributed by atoms with Crippen LogP contribution in [0.4, 0.5) is 16.3 Å². The molecule has 1 aliphatic heterocycles. The number of hydrogen-bond acceptors (Lipinski definition) is 16. The third kappa shape index (κ3) is 12.6. The molecule has 2 aromatic heterocycles. The number of amides is 3. The molecule has 0 bridgehead atoms. The average molecular weight is 1090 g/mol. The maximum absolute atomic E-state index is 14.3. The molecule has 6 atom stereocenters. The van der Waals surface area contributed by atoms with Crippen molar-refractivity contribution in [3.8, 4) is 0 Å². The summed E-state index contributed by atoms with van der Waals surface area (Å²) in [6.45, 7) is 3.44. The first-order valence-corrected chi connectivity index (χ1v) is 27.6. The summed E-state index contributed by atoms with van der Waals surface area (Å²) >= 11 is 0. The van der Waals surface area contributed by atoms with E-state index in [1.165, 1.54) is 10.9 Å². The molecule has 10 N–H and O–H groups in total. The van der Waals surface area contributed by atoms with Gasteiger partial charge in [0, 0.05) is 76.0 Å². The lowest BCUT2D eigenvalue weighted by Gasteiger charge is -2.39. The number of ether oxygens (including phenoxy) is 2. The van der Waals surface area contributed by atoms with E-state index in [-0.39, 0.29) is 60.3 Å². The number of aliphatic hydroxyl groups excluding tert-OH is 1. The smallest absolute Gasteiger partial charge is 0.439 e. The SMILES string of the molecule is CN(CCCC(=O)NCCNC(=O)O[C@@H]1[C@H](O)[C@@H](COP(=O)(O)OP(=O)(O)NP(=O)(O)O)O[C@H]1n1cnc2c(N)ncnc21)C(=O)c1ccccc1C1=C2C=CC(=[N+](C)C)C=C2C(C)(C)c2cc(N(C)C)ccc21. The third-order valence-electron chi connectivity index (χ3n) is 12.4. The molecule has 0 radical (unpaired) electrons. The van der Waals surface area contributed by atoms with Crippen molar-refractivity contribution >= 4 is 75.2 Å². The maximum Gasteiger partial charge on any atom is 0.480 e. The van der Waals surface area contributed by atoms with E-state index in [0.29, 0.717) is 12.0 Å². The number of nitrogens with zero attached hydrogens (tertiary/aromatic N) is 7. The molecule has 7 rings (SSSR count). The van der Waals surface area contributed by atoms with Crippen molar-refractivity contribution in [3.63, 3.8) is 0 Å². The molecule has 3 aliphatic rings. The molecule has 2 aromatic carbocycles. The number of phosphoric ester groups is 1. The second-order valence-corrected chi connectivity index (χ2v) is 23.2. The van der Waals surface area contributed by atoms with Gasteiger partial charge < -0.3 is 60.3 Å². The minimum absolute atomic E-state index is 0.0310. The molecule has 3 heterocycles. The van der Waals surface area contributed by atoms with Crippen LogP contribution < -0.4 is 26.1 Å². The highest BCUT2D eigenvalue weighted by atomic mass is 31.3. The van der Waals surface area contributed by atoms with E-state index in [1.54, 1.807) is 11.9 Å². The van der Waals surface area contributed by atoms with Crippen LogP contribution >= 0.6 is 23.3 Å². The van der Waals surface area contributed by atoms with Crippen molar-refractivity contribution in [2.24, 2.45) is 0 Å². The summed E-state index contributed by atoms with van der Waals surface area (Å²) in [5.74, 6) is -0.609. The molecule has 29 heteroatoms. The van der Waals surface area contributed by atoms with Gasteiger partial charge in [-0.05, 0) is 64.1 Å². The van der Waals surface area contributed by atoms with E-state index < -0.39 is 60.6 Å². The Hall–Kier alpha value is -5.98. The van der Waals surface area contributed by atoms with Crippen LogP contribution in [0.2, 0.25) is 0 Å². The standard InChI is InChI=1S/C45H58N11O15P3/c1-45(2)32-21-26(53(3)4)14-16-30(32)36(31-17-15-27(54(5)6)22-33(31)45)28-11-8-9-12-29(28)42(59)55(7)20-10-13-35(57)47-18-19-48-44(60)70-39-38(58)34(23-68-74(66,67)71-73(64,65)52-72(61,62)63)69-43(39)56-25-51-37-40(46)49-24-50-41(37)56/h8-9,11-12,14-17,21-22,24-25,34,38-39,43,58H,10,13,18-20,23H2,1-7H3,(H8-,46,47,48,49,50,52,57,60,61,62,63,64,65,66,67)/p+1/t34-,38-,39-,43-/m1/s1. The number of nitrogen functional groups attached to an aromatic ring is 1. The summed E-state index contributed by atoms with van der Waals surface area (Å²) in [6.07, 6.45) is 1.44. The van der Waals surface area contributed by atoms with Crippen LogP contribution in [0.3, 0.4) is 0 Å². The van der Waals surface area contributed by atoms with E-state index in [9.17, 15) is 43.0 Å². The number of aliphatic hydroxyl groups is 1. The van der Waals surface area contributed by atoms with Crippen LogP contribution in [-0.2, 0) is 42.2 Å². The summed E-state index contributed by atoms with van der Waals surface area (Å²) in [6, 6.07) is 14.0. The zero-order valence-electron chi connectivity index (χ0n) is 41.3. The lowest BCUT2D eigenvalue weighted by Crippen LogP contribution is -2.41. The van der Waals surface area contributed by atoms with E-state index in [4.69, 9.17) is 29.5 Å². The van der Waals surface area contributed by atoms with Crippen molar-refractivity contribution in [1.82, 2.24) is 39.9 Å². The largest absolute Gasteiger partial charge is 0.480 e. The zero-order valence-corrected chi connectivity index (χ0v) is 44.0. The Labute approximate surface area is 425 Å². The average Bonchev–Trinajstić information content (AvgIpc) is 3.88. The predicted octanol–water partition coefficient (Wildman–Crippen LogP) is 2.71. The van der Waals surface area contributed by atoms with Crippen molar-refractivity contribution < 1.29 is 75.6 Å². The molecule has 398 valence electrons. The molecule has 2 aliphatic carbocycles. The highest BCUT2D eigenvalue weighted by Gasteiger charge is 2.50. The van der Waals surface area contributed by atoms with Gasteiger partial charge in [-0.15, -0.1) is 4.86 Å². The quantitative estimate of drug-likeness (QED) is 0.0370. The Bertz CT molecular complexity index is 3130. The predicted molar refractivity (Wildman–Crippen MR) is 270 cm³/mol. The summed E-state index contributed by atoms with van der Waals surface area (Å²) < 4.78 is 58.9. The number of phosphoric acid groups is 1. The first-order chi connectivity index (χ1) is 34.7. The van der Waals surface area contributed by atoms with Gasteiger partial charge in [0.25, 0.3) is 5.91 Å². The monoisotopic (exact) mass is 1090 g/mol. The van der Waals surface area contributed by atoms with Gasteiger partial charge in [0.1, 0.15) is 38.1 Å². The van der Waals surface area contributed by atoms with Gasteiger partial charge in [-0.2, -0.15) is 4.31 Å². The second kappa shape index (κ2) is 22.1. The van der Waals surface area contributed by atoms with Crippen LogP contribution in [0.15, 0.2) is 84.5 Å². The van der Waals surface area contributed by atoms with Crippen LogP contribution in [-0.4, -0.2) is 157 Å². The Morgan fingerprint density at radius 2 is 1.68 bits per heavy atom. The van der Waals surface area contributed by atoms with E-state index in [1.807, 2.05) is 52.5 Å². The molecular weight excluding hydrogens is 1030 g/mol. The second-order valence-electron chi connectivity index (χ2n) is 18.4. The van der Waals surface area contributed by atoms with Crippen LogP contribution in [0, 0.1) is 0 Å². The number of nitrogens with two attached hydrogens (primary N) is 1. The van der Waals surface area contributed by atoms with Gasteiger partial charge >= 0.3 is 29.4 Å².